The van der Waals surface area contributed by atoms with Gasteiger partial charge in [0.1, 0.15) is 6.61 Å². The van der Waals surface area contributed by atoms with E-state index in [0.717, 1.165) is 0 Å². The minimum absolute atomic E-state index is 0.0197. The van der Waals surface area contributed by atoms with E-state index in [9.17, 15) is 4.79 Å². The van der Waals surface area contributed by atoms with Crippen LogP contribution in [0.2, 0.25) is 0 Å². The largest absolute Gasteiger partial charge is 0.371 e. The van der Waals surface area contributed by atoms with E-state index in [2.05, 4.69) is 6.58 Å². The highest BCUT2D eigenvalue weighted by Gasteiger charge is 2.02. The van der Waals surface area contributed by atoms with E-state index < -0.39 is 0 Å². The maximum Gasteiger partial charge on any atom is 0.183 e. The van der Waals surface area contributed by atoms with E-state index in [1.54, 1.807) is 6.92 Å². The molecule has 0 heterocycles. The van der Waals surface area contributed by atoms with Crippen LogP contribution in [-0.2, 0) is 9.53 Å². The van der Waals surface area contributed by atoms with Gasteiger partial charge in [-0.2, -0.15) is 0 Å². The number of carbonyl (C=O) groups excluding carboxylic acids is 1. The summed E-state index contributed by atoms with van der Waals surface area (Å²) in [7, 11) is 0. The summed E-state index contributed by atoms with van der Waals surface area (Å²) in [6, 6.07) is 0. The van der Waals surface area contributed by atoms with Crippen LogP contribution in [0.4, 0.5) is 0 Å². The van der Waals surface area contributed by atoms with Crippen molar-refractivity contribution in [1.82, 2.24) is 0 Å². The van der Waals surface area contributed by atoms with Gasteiger partial charge in [0.15, 0.2) is 5.78 Å². The summed E-state index contributed by atoms with van der Waals surface area (Å²) in [5, 5.41) is 0. The second-order valence-electron chi connectivity index (χ2n) is 2.56. The predicted molar refractivity (Wildman–Crippen MR) is 40.9 cm³/mol. The summed E-state index contributed by atoms with van der Waals surface area (Å²) in [5.74, 6) is -0.0197. The number of Topliss-reactive ketones (excluding diaryl/α,β-unsaturated/α-hetero) is 1. The number of ketones is 1. The monoisotopic (exact) mass is 142 g/mol. The first-order chi connectivity index (χ1) is 4.54. The minimum atomic E-state index is -0.0197. The Morgan fingerprint density at radius 2 is 2.10 bits per heavy atom. The molecule has 0 bridgehead atoms. The van der Waals surface area contributed by atoms with E-state index in [4.69, 9.17) is 4.74 Å². The molecule has 2 heteroatoms. The highest BCUT2D eigenvalue weighted by Crippen LogP contribution is 1.93. The fourth-order valence-electron chi connectivity index (χ4n) is 0.366. The van der Waals surface area contributed by atoms with E-state index in [1.807, 2.05) is 13.8 Å². The summed E-state index contributed by atoms with van der Waals surface area (Å²) in [4.78, 5) is 10.8. The summed E-state index contributed by atoms with van der Waals surface area (Å²) in [5.41, 5.74) is 0.556. The van der Waals surface area contributed by atoms with Gasteiger partial charge in [0, 0.05) is 0 Å². The number of rotatable bonds is 4. The number of hydrogen-bond donors (Lipinski definition) is 0. The molecule has 0 fully saturated rings. The lowest BCUT2D eigenvalue weighted by molar-refractivity contribution is -0.121. The molecular formula is C8H14O2. The van der Waals surface area contributed by atoms with Crippen molar-refractivity contribution in [2.75, 3.05) is 6.61 Å². The molecule has 0 radical (unpaired) electrons. The topological polar surface area (TPSA) is 26.3 Å². The molecule has 0 unspecified atom stereocenters. The lowest BCUT2D eigenvalue weighted by Crippen LogP contribution is -2.13. The molecule has 0 saturated heterocycles. The zero-order valence-electron chi connectivity index (χ0n) is 6.81. The van der Waals surface area contributed by atoms with Crippen LogP contribution in [0.15, 0.2) is 12.2 Å². The Morgan fingerprint density at radius 3 is 2.40 bits per heavy atom. The van der Waals surface area contributed by atoms with E-state index in [1.165, 1.54) is 0 Å². The highest BCUT2D eigenvalue weighted by molar-refractivity contribution is 5.95. The van der Waals surface area contributed by atoms with E-state index in [0.29, 0.717) is 5.57 Å². The SMILES string of the molecule is C=C(C)C(=O)COC(C)C. The van der Waals surface area contributed by atoms with Crippen molar-refractivity contribution in [2.45, 2.75) is 26.9 Å². The Morgan fingerprint density at radius 1 is 1.60 bits per heavy atom. The van der Waals surface area contributed by atoms with Gasteiger partial charge in [-0.05, 0) is 26.3 Å². The standard InChI is InChI=1S/C8H14O2/c1-6(2)8(9)5-10-7(3)4/h7H,1,5H2,2-4H3. The smallest absolute Gasteiger partial charge is 0.183 e. The third-order valence-electron chi connectivity index (χ3n) is 1.02. The van der Waals surface area contributed by atoms with Crippen LogP contribution in [0.5, 0.6) is 0 Å². The Hall–Kier alpha value is -0.630. The molecule has 0 aliphatic heterocycles. The maximum absolute atomic E-state index is 10.8. The van der Waals surface area contributed by atoms with Crippen LogP contribution >= 0.6 is 0 Å². The fraction of sp³-hybridized carbons (Fsp3) is 0.625. The summed E-state index contributed by atoms with van der Waals surface area (Å²) in [6.45, 7) is 9.14. The van der Waals surface area contributed by atoms with Crippen LogP contribution < -0.4 is 0 Å². The first kappa shape index (κ1) is 9.37. The quantitative estimate of drug-likeness (QED) is 0.557. The lowest BCUT2D eigenvalue weighted by Gasteiger charge is -2.05. The van der Waals surface area contributed by atoms with Crippen molar-refractivity contribution in [3.63, 3.8) is 0 Å². The predicted octanol–water partition coefficient (Wildman–Crippen LogP) is 1.56. The van der Waals surface area contributed by atoms with Crippen molar-refractivity contribution >= 4 is 5.78 Å². The molecule has 0 aromatic carbocycles. The Bertz CT molecular complexity index is 136. The van der Waals surface area contributed by atoms with Crippen molar-refractivity contribution in [2.24, 2.45) is 0 Å². The van der Waals surface area contributed by atoms with Crippen LogP contribution in [0, 0.1) is 0 Å². The molecule has 2 nitrogen and oxygen atoms in total. The van der Waals surface area contributed by atoms with Gasteiger partial charge in [0.25, 0.3) is 0 Å². The second kappa shape index (κ2) is 4.23. The van der Waals surface area contributed by atoms with Crippen LogP contribution in [0.25, 0.3) is 0 Å². The normalized spacial score (nSPS) is 10.0. The molecule has 0 aromatic heterocycles. The average molecular weight is 142 g/mol. The molecule has 0 spiro atoms. The molecule has 0 amide bonds. The van der Waals surface area contributed by atoms with E-state index in [-0.39, 0.29) is 18.5 Å². The van der Waals surface area contributed by atoms with E-state index >= 15 is 0 Å². The van der Waals surface area contributed by atoms with Crippen molar-refractivity contribution < 1.29 is 9.53 Å². The lowest BCUT2D eigenvalue weighted by atomic mass is 10.2. The minimum Gasteiger partial charge on any atom is -0.371 e. The van der Waals surface area contributed by atoms with Gasteiger partial charge in [-0.1, -0.05) is 6.58 Å². The molecule has 0 rings (SSSR count). The van der Waals surface area contributed by atoms with Crippen LogP contribution in [0.1, 0.15) is 20.8 Å². The average Bonchev–Trinajstić information content (AvgIpc) is 1.82. The molecule has 0 N–H and O–H groups in total. The van der Waals surface area contributed by atoms with Crippen molar-refractivity contribution in [3.8, 4) is 0 Å². The fourth-order valence-corrected chi connectivity index (χ4v) is 0.366. The number of carbonyl (C=O) groups is 1. The van der Waals surface area contributed by atoms with Crippen LogP contribution in [0.3, 0.4) is 0 Å². The van der Waals surface area contributed by atoms with Crippen LogP contribution in [-0.4, -0.2) is 18.5 Å². The number of ether oxygens (including phenoxy) is 1. The van der Waals surface area contributed by atoms with Gasteiger partial charge >= 0.3 is 0 Å². The first-order valence-electron chi connectivity index (χ1n) is 3.34. The first-order valence-corrected chi connectivity index (χ1v) is 3.34. The van der Waals surface area contributed by atoms with Crippen molar-refractivity contribution in [3.05, 3.63) is 12.2 Å². The molecule has 0 aliphatic rings. The van der Waals surface area contributed by atoms with Gasteiger partial charge < -0.3 is 4.74 Å². The van der Waals surface area contributed by atoms with Crippen molar-refractivity contribution in [1.29, 1.82) is 0 Å². The maximum atomic E-state index is 10.8. The summed E-state index contributed by atoms with van der Waals surface area (Å²) >= 11 is 0. The molecule has 10 heavy (non-hydrogen) atoms. The Labute approximate surface area is 61.9 Å². The molecule has 58 valence electrons. The zero-order chi connectivity index (χ0) is 8.15. The molecule has 0 atom stereocenters. The third-order valence-corrected chi connectivity index (χ3v) is 1.02. The molecule has 0 saturated carbocycles. The Kier molecular flexibility index (Phi) is 3.96. The summed E-state index contributed by atoms with van der Waals surface area (Å²) < 4.78 is 5.05. The van der Waals surface area contributed by atoms with Gasteiger partial charge in [0.05, 0.1) is 6.10 Å². The van der Waals surface area contributed by atoms with Gasteiger partial charge in [-0.3, -0.25) is 4.79 Å². The molecule has 0 aromatic rings. The Balaban J connectivity index is 3.50. The highest BCUT2D eigenvalue weighted by atomic mass is 16.5. The zero-order valence-corrected chi connectivity index (χ0v) is 6.81. The molecule has 0 aliphatic carbocycles. The number of hydrogen-bond acceptors (Lipinski definition) is 2. The second-order valence-corrected chi connectivity index (χ2v) is 2.56. The van der Waals surface area contributed by atoms with Gasteiger partial charge in [0.2, 0.25) is 0 Å². The summed E-state index contributed by atoms with van der Waals surface area (Å²) in [6.07, 6.45) is 0.114. The van der Waals surface area contributed by atoms with Gasteiger partial charge in [-0.25, -0.2) is 0 Å². The van der Waals surface area contributed by atoms with Gasteiger partial charge in [-0.15, -0.1) is 0 Å². The molecular weight excluding hydrogens is 128 g/mol. The third kappa shape index (κ3) is 4.27.